The molecule has 2 aromatic rings. The van der Waals surface area contributed by atoms with Crippen LogP contribution in [0.25, 0.3) is 0 Å². The van der Waals surface area contributed by atoms with Crippen molar-refractivity contribution in [2.45, 2.75) is 25.7 Å². The van der Waals surface area contributed by atoms with Gasteiger partial charge in [-0.2, -0.15) is 0 Å². The van der Waals surface area contributed by atoms with E-state index in [2.05, 4.69) is 10.0 Å². The van der Waals surface area contributed by atoms with E-state index in [-0.39, 0.29) is 10.0 Å². The molecule has 0 saturated heterocycles. The highest BCUT2D eigenvalue weighted by atomic mass is 32.2. The molecule has 2 N–H and O–H groups in total. The van der Waals surface area contributed by atoms with Crippen LogP contribution in [0.1, 0.15) is 16.7 Å². The zero-order valence-electron chi connectivity index (χ0n) is 12.7. The summed E-state index contributed by atoms with van der Waals surface area (Å²) in [5.41, 5.74) is 4.01. The van der Waals surface area contributed by atoms with E-state index in [1.807, 2.05) is 39.0 Å². The molecule has 6 heteroatoms. The summed E-state index contributed by atoms with van der Waals surface area (Å²) in [5.74, 6) is 0. The van der Waals surface area contributed by atoms with Crippen molar-refractivity contribution in [3.8, 4) is 0 Å². The number of benzene rings is 2. The van der Waals surface area contributed by atoms with Gasteiger partial charge in [0.05, 0.1) is 4.90 Å². The van der Waals surface area contributed by atoms with Crippen molar-refractivity contribution >= 4 is 33.0 Å². The maximum atomic E-state index is 12.2. The lowest BCUT2D eigenvalue weighted by atomic mass is 10.1. The first-order valence-electron chi connectivity index (χ1n) is 6.76. The third kappa shape index (κ3) is 4.05. The molecule has 2 aromatic carbocycles. The van der Waals surface area contributed by atoms with Crippen LogP contribution in [0.15, 0.2) is 47.4 Å². The van der Waals surface area contributed by atoms with Crippen LogP contribution in [0, 0.1) is 20.8 Å². The van der Waals surface area contributed by atoms with Crippen molar-refractivity contribution in [3.05, 3.63) is 59.2 Å². The first-order chi connectivity index (χ1) is 10.3. The monoisotopic (exact) mass is 334 g/mol. The Morgan fingerprint density at radius 2 is 1.59 bits per heavy atom. The molecular weight excluding hydrogens is 316 g/mol. The lowest BCUT2D eigenvalue weighted by molar-refractivity contribution is 0.593. The van der Waals surface area contributed by atoms with Gasteiger partial charge in [-0.25, -0.2) is 8.42 Å². The third-order valence-corrected chi connectivity index (χ3v) is 5.02. The number of thiocarbonyl (C=S) groups is 1. The lowest BCUT2D eigenvalue weighted by Gasteiger charge is -2.12. The lowest BCUT2D eigenvalue weighted by Crippen LogP contribution is -2.34. The van der Waals surface area contributed by atoms with E-state index >= 15 is 0 Å². The van der Waals surface area contributed by atoms with Gasteiger partial charge in [0.2, 0.25) is 0 Å². The number of sulfonamides is 1. The predicted molar refractivity (Wildman–Crippen MR) is 93.6 cm³/mol. The molecule has 0 spiro atoms. The van der Waals surface area contributed by atoms with Gasteiger partial charge in [-0.1, -0.05) is 23.8 Å². The topological polar surface area (TPSA) is 58.2 Å². The molecule has 0 aliphatic rings. The summed E-state index contributed by atoms with van der Waals surface area (Å²) in [4.78, 5) is 0.183. The Kier molecular flexibility index (Phi) is 4.83. The van der Waals surface area contributed by atoms with E-state index in [9.17, 15) is 8.42 Å². The summed E-state index contributed by atoms with van der Waals surface area (Å²) in [7, 11) is -3.67. The van der Waals surface area contributed by atoms with Gasteiger partial charge in [0, 0.05) is 5.69 Å². The first-order valence-corrected chi connectivity index (χ1v) is 8.65. The quantitative estimate of drug-likeness (QED) is 0.846. The van der Waals surface area contributed by atoms with Crippen LogP contribution in [0.5, 0.6) is 0 Å². The zero-order chi connectivity index (χ0) is 16.3. The maximum Gasteiger partial charge on any atom is 0.263 e. The smallest absolute Gasteiger partial charge is 0.263 e. The molecule has 0 saturated carbocycles. The number of nitrogens with one attached hydrogen (secondary N) is 2. The van der Waals surface area contributed by atoms with Crippen molar-refractivity contribution in [2.24, 2.45) is 0 Å². The molecule has 0 atom stereocenters. The Labute approximate surface area is 136 Å². The van der Waals surface area contributed by atoms with Gasteiger partial charge in [-0.15, -0.1) is 0 Å². The van der Waals surface area contributed by atoms with Crippen molar-refractivity contribution in [1.82, 2.24) is 4.72 Å². The van der Waals surface area contributed by atoms with Crippen LogP contribution < -0.4 is 10.0 Å². The fourth-order valence-corrected chi connectivity index (χ4v) is 3.23. The Morgan fingerprint density at radius 1 is 0.955 bits per heavy atom. The Morgan fingerprint density at radius 3 is 2.18 bits per heavy atom. The molecule has 0 radical (unpaired) electrons. The second-order valence-electron chi connectivity index (χ2n) is 5.17. The Balaban J connectivity index is 2.10. The molecular formula is C16H18N2O2S2. The highest BCUT2D eigenvalue weighted by Gasteiger charge is 2.15. The van der Waals surface area contributed by atoms with Crippen LogP contribution in [0.3, 0.4) is 0 Å². The second kappa shape index (κ2) is 6.46. The van der Waals surface area contributed by atoms with Gasteiger partial charge in [0.1, 0.15) is 0 Å². The number of hydrogen-bond acceptors (Lipinski definition) is 3. The van der Waals surface area contributed by atoms with Crippen molar-refractivity contribution in [1.29, 1.82) is 0 Å². The van der Waals surface area contributed by atoms with Gasteiger partial charge in [-0.05, 0) is 68.4 Å². The Hall–Kier alpha value is -1.92. The van der Waals surface area contributed by atoms with Gasteiger partial charge < -0.3 is 5.32 Å². The van der Waals surface area contributed by atoms with Crippen molar-refractivity contribution in [2.75, 3.05) is 5.32 Å². The van der Waals surface area contributed by atoms with E-state index < -0.39 is 10.0 Å². The van der Waals surface area contributed by atoms with Crippen LogP contribution >= 0.6 is 12.2 Å². The SMILES string of the molecule is Cc1ccc(S(=O)(=O)NC(=S)Nc2ccc(C)c(C)c2)cc1. The molecule has 0 fully saturated rings. The number of aryl methyl sites for hydroxylation is 3. The molecule has 22 heavy (non-hydrogen) atoms. The summed E-state index contributed by atoms with van der Waals surface area (Å²) in [5, 5.41) is 2.93. The molecule has 0 aromatic heterocycles. The zero-order valence-corrected chi connectivity index (χ0v) is 14.3. The maximum absolute atomic E-state index is 12.2. The van der Waals surface area contributed by atoms with Crippen LogP contribution in [-0.4, -0.2) is 13.5 Å². The minimum absolute atomic E-state index is 0.0452. The normalized spacial score (nSPS) is 11.0. The minimum atomic E-state index is -3.67. The minimum Gasteiger partial charge on any atom is -0.332 e. The molecule has 2 rings (SSSR count). The van der Waals surface area contributed by atoms with Crippen molar-refractivity contribution < 1.29 is 8.42 Å². The molecule has 0 heterocycles. The molecule has 0 amide bonds. The van der Waals surface area contributed by atoms with Crippen LogP contribution in [0.2, 0.25) is 0 Å². The third-order valence-electron chi connectivity index (χ3n) is 3.32. The molecule has 4 nitrogen and oxygen atoms in total. The summed E-state index contributed by atoms with van der Waals surface area (Å²) < 4.78 is 26.8. The molecule has 0 aliphatic heterocycles. The van der Waals surface area contributed by atoms with Gasteiger partial charge in [0.25, 0.3) is 10.0 Å². The van der Waals surface area contributed by atoms with E-state index in [1.54, 1.807) is 24.3 Å². The van der Waals surface area contributed by atoms with Gasteiger partial charge >= 0.3 is 0 Å². The molecule has 0 unspecified atom stereocenters. The van der Waals surface area contributed by atoms with Crippen molar-refractivity contribution in [3.63, 3.8) is 0 Å². The molecule has 0 aliphatic carbocycles. The van der Waals surface area contributed by atoms with E-state index in [4.69, 9.17) is 12.2 Å². The average molecular weight is 334 g/mol. The van der Waals surface area contributed by atoms with E-state index in [1.165, 1.54) is 0 Å². The summed E-state index contributed by atoms with van der Waals surface area (Å²) in [6.07, 6.45) is 0. The largest absolute Gasteiger partial charge is 0.332 e. The first kappa shape index (κ1) is 16.5. The average Bonchev–Trinajstić information content (AvgIpc) is 2.42. The standard InChI is InChI=1S/C16H18N2O2S2/c1-11-4-8-15(9-5-11)22(19,20)18-16(21)17-14-7-6-12(2)13(3)10-14/h4-10H,1-3H3,(H2,17,18,21). The summed E-state index contributed by atoms with van der Waals surface area (Å²) >= 11 is 5.08. The second-order valence-corrected chi connectivity index (χ2v) is 7.26. The molecule has 0 bridgehead atoms. The van der Waals surface area contributed by atoms with Crippen LogP contribution in [-0.2, 0) is 10.0 Å². The van der Waals surface area contributed by atoms with E-state index in [0.717, 1.165) is 22.4 Å². The van der Waals surface area contributed by atoms with Crippen LogP contribution in [0.4, 0.5) is 5.69 Å². The number of rotatable bonds is 3. The summed E-state index contributed by atoms with van der Waals surface area (Å²) in [6.45, 7) is 5.90. The van der Waals surface area contributed by atoms with E-state index in [0.29, 0.717) is 0 Å². The number of anilines is 1. The fraction of sp³-hybridized carbons (Fsp3) is 0.188. The highest BCUT2D eigenvalue weighted by Crippen LogP contribution is 2.15. The fourth-order valence-electron chi connectivity index (χ4n) is 1.87. The van der Waals surface area contributed by atoms with Gasteiger partial charge in [-0.3, -0.25) is 4.72 Å². The van der Waals surface area contributed by atoms with Gasteiger partial charge in [0.15, 0.2) is 5.11 Å². The predicted octanol–water partition coefficient (Wildman–Crippen LogP) is 3.29. The molecule has 116 valence electrons. The highest BCUT2D eigenvalue weighted by molar-refractivity contribution is 7.92. The Bertz CT molecular complexity index is 797. The summed E-state index contributed by atoms with van der Waals surface area (Å²) in [6, 6.07) is 12.3. The number of hydrogen-bond donors (Lipinski definition) is 2.